The number of carboxylic acids is 1. The molecular weight excluding hydrogens is 601 g/mol. The smallest absolute Gasteiger partial charge is 0.349 e. The minimum absolute atomic E-state index is 0.0529. The lowest BCUT2D eigenvalue weighted by Gasteiger charge is -2.24. The molecule has 14 nitrogen and oxygen atoms in total. The van der Waals surface area contributed by atoms with Crippen LogP contribution in [0.4, 0.5) is 10.1 Å². The van der Waals surface area contributed by atoms with Gasteiger partial charge in [0, 0.05) is 13.8 Å². The first kappa shape index (κ1) is 33.5. The number of benzene rings is 3. The number of aliphatic carboxylic acids is 1. The molecule has 0 aromatic heterocycles. The van der Waals surface area contributed by atoms with Gasteiger partial charge in [0.1, 0.15) is 5.82 Å². The van der Waals surface area contributed by atoms with Gasteiger partial charge < -0.3 is 38.8 Å². The molecule has 0 fully saturated rings. The number of carbonyl (C=O) groups is 6. The Morgan fingerprint density at radius 2 is 1.16 bits per heavy atom. The number of amides is 1. The van der Waals surface area contributed by atoms with E-state index in [1.54, 1.807) is 0 Å². The minimum Gasteiger partial charge on any atom is -0.493 e. The van der Waals surface area contributed by atoms with Crippen molar-refractivity contribution in [3.05, 3.63) is 77.6 Å². The number of anilines is 1. The standard InChI is InChI=1S/C30H26FNO13/c1-15(33)42-21-11-9-17(13-23(21)40-3)29(38)44-25(27(35)32-20-8-6-5-7-19(20)31)26(28(36)37)45-30(39)18-10-12-22(43-16(2)34)24(14-18)41-4/h5-14,25-26H,1-4H3,(H,32,35)(H,36,37)/t25-,26+/m0/s1. The third-order valence-electron chi connectivity index (χ3n) is 5.68. The van der Waals surface area contributed by atoms with Gasteiger partial charge in [0.25, 0.3) is 5.91 Å². The molecule has 15 heteroatoms. The summed E-state index contributed by atoms with van der Waals surface area (Å²) >= 11 is 0. The lowest BCUT2D eigenvalue weighted by Crippen LogP contribution is -2.48. The molecule has 0 heterocycles. The third-order valence-corrected chi connectivity index (χ3v) is 5.68. The Kier molecular flexibility index (Phi) is 11.1. The van der Waals surface area contributed by atoms with Crippen molar-refractivity contribution in [2.45, 2.75) is 26.1 Å². The van der Waals surface area contributed by atoms with E-state index in [0.717, 1.165) is 50.2 Å². The summed E-state index contributed by atoms with van der Waals surface area (Å²) in [6.45, 7) is 2.27. The highest BCUT2D eigenvalue weighted by Crippen LogP contribution is 2.30. The van der Waals surface area contributed by atoms with Crippen LogP contribution in [-0.4, -0.2) is 67.3 Å². The molecule has 0 bridgehead atoms. The van der Waals surface area contributed by atoms with Crippen molar-refractivity contribution in [3.63, 3.8) is 0 Å². The van der Waals surface area contributed by atoms with Crippen LogP contribution in [0.5, 0.6) is 23.0 Å². The summed E-state index contributed by atoms with van der Waals surface area (Å²) in [6, 6.07) is 11.7. The van der Waals surface area contributed by atoms with Crippen molar-refractivity contribution in [1.82, 2.24) is 0 Å². The lowest BCUT2D eigenvalue weighted by molar-refractivity contribution is -0.157. The maximum absolute atomic E-state index is 14.3. The van der Waals surface area contributed by atoms with Gasteiger partial charge in [-0.1, -0.05) is 12.1 Å². The van der Waals surface area contributed by atoms with Gasteiger partial charge in [0.05, 0.1) is 31.0 Å². The number of halogens is 1. The number of carboxylic acid groups (broad SMARTS) is 1. The summed E-state index contributed by atoms with van der Waals surface area (Å²) in [5, 5.41) is 12.1. The Morgan fingerprint density at radius 3 is 1.58 bits per heavy atom. The van der Waals surface area contributed by atoms with Crippen LogP contribution in [0.1, 0.15) is 34.6 Å². The fraction of sp³-hybridized carbons (Fsp3) is 0.200. The first-order valence-corrected chi connectivity index (χ1v) is 12.8. The second-order valence-corrected chi connectivity index (χ2v) is 8.88. The summed E-state index contributed by atoms with van der Waals surface area (Å²) in [6.07, 6.45) is -4.84. The quantitative estimate of drug-likeness (QED) is 0.220. The van der Waals surface area contributed by atoms with E-state index in [-0.39, 0.29) is 34.1 Å². The number of nitrogens with one attached hydrogen (secondary N) is 1. The number of esters is 4. The second kappa shape index (κ2) is 15.0. The van der Waals surface area contributed by atoms with E-state index >= 15 is 0 Å². The monoisotopic (exact) mass is 627 g/mol. The van der Waals surface area contributed by atoms with Crippen LogP contribution < -0.4 is 24.3 Å². The largest absolute Gasteiger partial charge is 0.493 e. The summed E-state index contributed by atoms with van der Waals surface area (Å²) < 4.78 is 44.8. The highest BCUT2D eigenvalue weighted by atomic mass is 19.1. The predicted molar refractivity (Wildman–Crippen MR) is 150 cm³/mol. The molecule has 0 unspecified atom stereocenters. The molecule has 0 saturated carbocycles. The van der Waals surface area contributed by atoms with Crippen molar-refractivity contribution in [1.29, 1.82) is 0 Å². The predicted octanol–water partition coefficient (Wildman–Crippen LogP) is 3.17. The molecule has 236 valence electrons. The zero-order chi connectivity index (χ0) is 33.3. The first-order chi connectivity index (χ1) is 21.3. The molecule has 2 N–H and O–H groups in total. The molecule has 3 aromatic carbocycles. The molecule has 0 aliphatic rings. The van der Waals surface area contributed by atoms with Crippen LogP contribution in [0.2, 0.25) is 0 Å². The summed E-state index contributed by atoms with van der Waals surface area (Å²) in [5.41, 5.74) is -0.968. The topological polar surface area (TPSA) is 190 Å². The average molecular weight is 628 g/mol. The first-order valence-electron chi connectivity index (χ1n) is 12.8. The number of hydrogen-bond acceptors (Lipinski definition) is 12. The van der Waals surface area contributed by atoms with E-state index in [1.165, 1.54) is 38.5 Å². The van der Waals surface area contributed by atoms with Gasteiger partial charge in [-0.2, -0.15) is 0 Å². The molecule has 2 atom stereocenters. The zero-order valence-electron chi connectivity index (χ0n) is 24.2. The molecule has 0 aliphatic heterocycles. The van der Waals surface area contributed by atoms with E-state index in [4.69, 9.17) is 28.4 Å². The molecule has 0 radical (unpaired) electrons. The lowest BCUT2D eigenvalue weighted by atomic mass is 10.1. The Balaban J connectivity index is 1.98. The summed E-state index contributed by atoms with van der Waals surface area (Å²) in [4.78, 5) is 74.5. The van der Waals surface area contributed by atoms with Crippen molar-refractivity contribution < 1.29 is 66.7 Å². The summed E-state index contributed by atoms with van der Waals surface area (Å²) in [7, 11) is 2.43. The molecule has 0 aliphatic carbocycles. The van der Waals surface area contributed by atoms with Gasteiger partial charge >= 0.3 is 29.8 Å². The van der Waals surface area contributed by atoms with Crippen LogP contribution in [0.3, 0.4) is 0 Å². The SMILES string of the molecule is COc1cc(C(=O)O[C@H](C(=O)Nc2ccccc2F)[C@@H](OC(=O)c2ccc(OC(C)=O)c(OC)c2)C(=O)O)ccc1OC(C)=O. The van der Waals surface area contributed by atoms with Gasteiger partial charge in [-0.25, -0.2) is 18.8 Å². The summed E-state index contributed by atoms with van der Waals surface area (Å²) in [5.74, 6) is -8.39. The Bertz CT molecular complexity index is 1640. The van der Waals surface area contributed by atoms with Crippen LogP contribution >= 0.6 is 0 Å². The molecule has 45 heavy (non-hydrogen) atoms. The van der Waals surface area contributed by atoms with E-state index in [2.05, 4.69) is 5.32 Å². The van der Waals surface area contributed by atoms with Crippen molar-refractivity contribution in [3.8, 4) is 23.0 Å². The molecule has 3 aromatic rings. The zero-order valence-corrected chi connectivity index (χ0v) is 24.2. The number of para-hydroxylation sites is 1. The van der Waals surface area contributed by atoms with Crippen LogP contribution in [0.25, 0.3) is 0 Å². The molecular formula is C30H26FNO13. The number of methoxy groups -OCH3 is 2. The number of ether oxygens (including phenoxy) is 6. The van der Waals surface area contributed by atoms with E-state index in [9.17, 15) is 38.3 Å². The molecule has 3 rings (SSSR count). The minimum atomic E-state index is -2.46. The van der Waals surface area contributed by atoms with Crippen molar-refractivity contribution in [2.75, 3.05) is 19.5 Å². The Hall–Kier alpha value is -5.99. The Labute approximate surface area is 254 Å². The maximum atomic E-state index is 14.3. The van der Waals surface area contributed by atoms with E-state index in [1.807, 2.05) is 0 Å². The maximum Gasteiger partial charge on any atom is 0.349 e. The normalized spacial score (nSPS) is 11.7. The van der Waals surface area contributed by atoms with Crippen LogP contribution in [0, 0.1) is 5.82 Å². The fourth-order valence-electron chi connectivity index (χ4n) is 3.70. The highest BCUT2D eigenvalue weighted by molar-refractivity contribution is 6.01. The van der Waals surface area contributed by atoms with Gasteiger partial charge in [0.15, 0.2) is 23.0 Å². The van der Waals surface area contributed by atoms with E-state index < -0.39 is 59.5 Å². The van der Waals surface area contributed by atoms with Crippen molar-refractivity contribution in [2.24, 2.45) is 0 Å². The van der Waals surface area contributed by atoms with Gasteiger partial charge in [-0.3, -0.25) is 14.4 Å². The highest BCUT2D eigenvalue weighted by Gasteiger charge is 2.41. The molecule has 0 spiro atoms. The van der Waals surface area contributed by atoms with Crippen LogP contribution in [-0.2, 0) is 28.7 Å². The number of carbonyl (C=O) groups excluding carboxylic acids is 5. The van der Waals surface area contributed by atoms with Gasteiger partial charge in [0.2, 0.25) is 12.2 Å². The van der Waals surface area contributed by atoms with Gasteiger partial charge in [-0.15, -0.1) is 0 Å². The van der Waals surface area contributed by atoms with Crippen molar-refractivity contribution >= 4 is 41.4 Å². The molecule has 1 amide bonds. The van der Waals surface area contributed by atoms with Crippen LogP contribution in [0.15, 0.2) is 60.7 Å². The van der Waals surface area contributed by atoms with Gasteiger partial charge in [-0.05, 0) is 48.5 Å². The molecule has 0 saturated heterocycles. The average Bonchev–Trinajstić information content (AvgIpc) is 2.99. The number of hydrogen-bond donors (Lipinski definition) is 2. The fourth-order valence-corrected chi connectivity index (χ4v) is 3.70. The Morgan fingerprint density at radius 1 is 0.689 bits per heavy atom. The second-order valence-electron chi connectivity index (χ2n) is 8.88. The third kappa shape index (κ3) is 8.76. The van der Waals surface area contributed by atoms with E-state index in [0.29, 0.717) is 0 Å². The number of rotatable bonds is 12.